The van der Waals surface area contributed by atoms with Crippen molar-refractivity contribution in [3.63, 3.8) is 0 Å². The van der Waals surface area contributed by atoms with Gasteiger partial charge in [0.15, 0.2) is 0 Å². The highest BCUT2D eigenvalue weighted by atomic mass is 19.1. The van der Waals surface area contributed by atoms with E-state index in [4.69, 9.17) is 10.5 Å². The maximum absolute atomic E-state index is 14.4. The third-order valence-electron chi connectivity index (χ3n) is 3.62. The van der Waals surface area contributed by atoms with E-state index in [1.807, 2.05) is 51.1 Å². The van der Waals surface area contributed by atoms with Gasteiger partial charge in [-0.3, -0.25) is 0 Å². The van der Waals surface area contributed by atoms with Crippen LogP contribution in [0.2, 0.25) is 0 Å². The molecular formula is C17H20FNO. The number of aryl methyl sites for hydroxylation is 2. The maximum Gasteiger partial charge on any atom is 0.129 e. The van der Waals surface area contributed by atoms with Crippen LogP contribution in [-0.4, -0.2) is 7.11 Å². The first-order chi connectivity index (χ1) is 9.37. The topological polar surface area (TPSA) is 35.2 Å². The molecule has 0 aliphatic heterocycles. The van der Waals surface area contributed by atoms with Crippen LogP contribution in [0.15, 0.2) is 36.4 Å². The number of rotatable bonds is 3. The largest absolute Gasteiger partial charge is 0.496 e. The van der Waals surface area contributed by atoms with E-state index in [-0.39, 0.29) is 5.82 Å². The Morgan fingerprint density at radius 3 is 2.40 bits per heavy atom. The summed E-state index contributed by atoms with van der Waals surface area (Å²) in [5.74, 6) is 0.385. The lowest BCUT2D eigenvalue weighted by Gasteiger charge is -2.29. The minimum Gasteiger partial charge on any atom is -0.496 e. The van der Waals surface area contributed by atoms with Gasteiger partial charge in [-0.2, -0.15) is 0 Å². The number of para-hydroxylation sites is 1. The van der Waals surface area contributed by atoms with Gasteiger partial charge in [-0.15, -0.1) is 0 Å². The molecule has 0 aromatic heterocycles. The van der Waals surface area contributed by atoms with E-state index in [1.165, 1.54) is 6.07 Å². The van der Waals surface area contributed by atoms with E-state index in [0.29, 0.717) is 11.3 Å². The van der Waals surface area contributed by atoms with Gasteiger partial charge in [-0.1, -0.05) is 24.3 Å². The third-order valence-corrected chi connectivity index (χ3v) is 3.62. The van der Waals surface area contributed by atoms with Crippen LogP contribution in [0, 0.1) is 19.7 Å². The van der Waals surface area contributed by atoms with Crippen LogP contribution in [0.1, 0.15) is 29.2 Å². The van der Waals surface area contributed by atoms with Crippen LogP contribution in [0.25, 0.3) is 0 Å². The van der Waals surface area contributed by atoms with Gasteiger partial charge in [0.1, 0.15) is 11.6 Å². The van der Waals surface area contributed by atoms with Crippen molar-refractivity contribution >= 4 is 0 Å². The van der Waals surface area contributed by atoms with Crippen molar-refractivity contribution < 1.29 is 9.13 Å². The Labute approximate surface area is 119 Å². The first-order valence-electron chi connectivity index (χ1n) is 6.57. The lowest BCUT2D eigenvalue weighted by molar-refractivity contribution is 0.396. The summed E-state index contributed by atoms with van der Waals surface area (Å²) in [5.41, 5.74) is 8.53. The zero-order valence-corrected chi connectivity index (χ0v) is 12.3. The molecule has 0 radical (unpaired) electrons. The van der Waals surface area contributed by atoms with Crippen molar-refractivity contribution in [1.82, 2.24) is 0 Å². The van der Waals surface area contributed by atoms with Gasteiger partial charge in [-0.25, -0.2) is 4.39 Å². The molecule has 2 aromatic rings. The molecular weight excluding hydrogens is 253 g/mol. The molecule has 106 valence electrons. The van der Waals surface area contributed by atoms with Crippen molar-refractivity contribution in [2.45, 2.75) is 26.3 Å². The number of nitrogens with two attached hydrogens (primary N) is 1. The summed E-state index contributed by atoms with van der Waals surface area (Å²) >= 11 is 0. The Morgan fingerprint density at radius 2 is 1.80 bits per heavy atom. The molecule has 2 rings (SSSR count). The predicted molar refractivity (Wildman–Crippen MR) is 79.5 cm³/mol. The fraction of sp³-hybridized carbons (Fsp3) is 0.294. The second-order valence-corrected chi connectivity index (χ2v) is 5.34. The Kier molecular flexibility index (Phi) is 3.82. The first kappa shape index (κ1) is 14.5. The van der Waals surface area contributed by atoms with Gasteiger partial charge >= 0.3 is 0 Å². The van der Waals surface area contributed by atoms with Gasteiger partial charge in [0.25, 0.3) is 0 Å². The highest BCUT2D eigenvalue weighted by Gasteiger charge is 2.31. The van der Waals surface area contributed by atoms with Gasteiger partial charge in [0.2, 0.25) is 0 Å². The monoisotopic (exact) mass is 273 g/mol. The van der Waals surface area contributed by atoms with E-state index in [2.05, 4.69) is 0 Å². The van der Waals surface area contributed by atoms with Crippen molar-refractivity contribution in [1.29, 1.82) is 0 Å². The van der Waals surface area contributed by atoms with Crippen LogP contribution in [0.3, 0.4) is 0 Å². The summed E-state index contributed by atoms with van der Waals surface area (Å²) in [5, 5.41) is 0. The minimum absolute atomic E-state index is 0.279. The van der Waals surface area contributed by atoms with Crippen LogP contribution in [0.4, 0.5) is 4.39 Å². The molecule has 1 unspecified atom stereocenters. The minimum atomic E-state index is -0.950. The summed E-state index contributed by atoms with van der Waals surface area (Å²) in [6, 6.07) is 10.9. The number of methoxy groups -OCH3 is 1. The summed E-state index contributed by atoms with van der Waals surface area (Å²) in [7, 11) is 1.59. The molecule has 0 saturated heterocycles. The average molecular weight is 273 g/mol. The van der Waals surface area contributed by atoms with E-state index < -0.39 is 5.54 Å². The number of benzene rings is 2. The Morgan fingerprint density at radius 1 is 1.15 bits per heavy atom. The number of hydrogen-bond acceptors (Lipinski definition) is 2. The SMILES string of the molecule is COc1ccccc1C(C)(N)c1c(C)cc(C)cc1F. The quantitative estimate of drug-likeness (QED) is 0.926. The molecule has 0 amide bonds. The van der Waals surface area contributed by atoms with Crippen LogP contribution < -0.4 is 10.5 Å². The lowest BCUT2D eigenvalue weighted by Crippen LogP contribution is -2.36. The molecule has 2 aromatic carbocycles. The van der Waals surface area contributed by atoms with Gasteiger partial charge in [0.05, 0.1) is 12.6 Å². The fourth-order valence-corrected chi connectivity index (χ4v) is 2.78. The van der Waals surface area contributed by atoms with Crippen molar-refractivity contribution in [2.75, 3.05) is 7.11 Å². The zero-order valence-electron chi connectivity index (χ0n) is 12.3. The van der Waals surface area contributed by atoms with Crippen LogP contribution >= 0.6 is 0 Å². The number of ether oxygens (including phenoxy) is 1. The summed E-state index contributed by atoms with van der Waals surface area (Å²) < 4.78 is 19.8. The van der Waals surface area contributed by atoms with Gasteiger partial charge < -0.3 is 10.5 Å². The smallest absolute Gasteiger partial charge is 0.129 e. The van der Waals surface area contributed by atoms with E-state index in [1.54, 1.807) is 7.11 Å². The molecule has 0 spiro atoms. The second kappa shape index (κ2) is 5.25. The van der Waals surface area contributed by atoms with Crippen LogP contribution in [-0.2, 0) is 5.54 Å². The highest BCUT2D eigenvalue weighted by Crippen LogP contribution is 2.36. The molecule has 2 N–H and O–H groups in total. The molecule has 2 nitrogen and oxygen atoms in total. The molecule has 20 heavy (non-hydrogen) atoms. The average Bonchev–Trinajstić information content (AvgIpc) is 2.37. The van der Waals surface area contributed by atoms with Gasteiger partial charge in [0, 0.05) is 11.1 Å². The Hall–Kier alpha value is -1.87. The summed E-state index contributed by atoms with van der Waals surface area (Å²) in [4.78, 5) is 0. The highest BCUT2D eigenvalue weighted by molar-refractivity contribution is 5.49. The van der Waals surface area contributed by atoms with E-state index >= 15 is 0 Å². The zero-order chi connectivity index (χ0) is 14.9. The first-order valence-corrected chi connectivity index (χ1v) is 6.57. The second-order valence-electron chi connectivity index (χ2n) is 5.34. The van der Waals surface area contributed by atoms with Crippen molar-refractivity contribution in [3.8, 4) is 5.75 Å². The lowest BCUT2D eigenvalue weighted by atomic mass is 9.82. The Bertz CT molecular complexity index is 612. The van der Waals surface area contributed by atoms with E-state index in [9.17, 15) is 4.39 Å². The molecule has 1 atom stereocenters. The molecule has 0 saturated carbocycles. The number of hydrogen-bond donors (Lipinski definition) is 1. The standard InChI is InChI=1S/C17H20FNO/c1-11-9-12(2)16(14(18)10-11)17(3,19)13-7-5-6-8-15(13)20-4/h5-10H,19H2,1-4H3. The van der Waals surface area contributed by atoms with Crippen molar-refractivity contribution in [2.24, 2.45) is 5.73 Å². The summed E-state index contributed by atoms with van der Waals surface area (Å²) in [6.45, 7) is 5.56. The van der Waals surface area contributed by atoms with Crippen LogP contribution in [0.5, 0.6) is 5.75 Å². The Balaban J connectivity index is 2.67. The third kappa shape index (κ3) is 2.41. The molecule has 0 aliphatic carbocycles. The molecule has 0 bridgehead atoms. The molecule has 0 heterocycles. The fourth-order valence-electron chi connectivity index (χ4n) is 2.78. The maximum atomic E-state index is 14.4. The van der Waals surface area contributed by atoms with Gasteiger partial charge in [-0.05, 0) is 44.0 Å². The normalized spacial score (nSPS) is 13.9. The molecule has 0 fully saturated rings. The number of halogens is 1. The summed E-state index contributed by atoms with van der Waals surface area (Å²) in [6.07, 6.45) is 0. The van der Waals surface area contributed by atoms with E-state index in [0.717, 1.165) is 16.7 Å². The predicted octanol–water partition coefficient (Wildman–Crippen LogP) is 3.67. The van der Waals surface area contributed by atoms with Crippen molar-refractivity contribution in [3.05, 3.63) is 64.5 Å². The molecule has 3 heteroatoms. The molecule has 0 aliphatic rings.